The summed E-state index contributed by atoms with van der Waals surface area (Å²) < 4.78 is 15.8. The molecule has 1 aliphatic rings. The predicted molar refractivity (Wildman–Crippen MR) is 87.7 cm³/mol. The molecule has 126 valence electrons. The van der Waals surface area contributed by atoms with E-state index in [4.69, 9.17) is 37.4 Å². The number of likely N-dealkylation sites (N-methyl/N-ethyl adjacent to an activating group) is 1. The highest BCUT2D eigenvalue weighted by Gasteiger charge is 2.19. The predicted octanol–water partition coefficient (Wildman–Crippen LogP) is 2.69. The van der Waals surface area contributed by atoms with Gasteiger partial charge in [-0.05, 0) is 29.8 Å². The van der Waals surface area contributed by atoms with Crippen LogP contribution in [-0.2, 0) is 16.1 Å². The Hall–Kier alpha value is -2.25. The van der Waals surface area contributed by atoms with Crippen molar-refractivity contribution in [2.24, 2.45) is 0 Å². The number of esters is 1. The third-order valence-corrected chi connectivity index (χ3v) is 3.74. The lowest BCUT2D eigenvalue weighted by Crippen LogP contribution is -2.27. The van der Waals surface area contributed by atoms with Crippen LogP contribution in [0.5, 0.6) is 11.5 Å². The van der Waals surface area contributed by atoms with Crippen molar-refractivity contribution in [2.45, 2.75) is 6.61 Å². The average molecular weight is 370 g/mol. The Balaban J connectivity index is 1.56. The number of carbonyl (C=O) groups is 1. The smallest absolute Gasteiger partial charge is 0.325 e. The fraction of sp³-hybridized carbons (Fsp3) is 0.267. The summed E-state index contributed by atoms with van der Waals surface area (Å²) in [5.41, 5.74) is 0.714. The van der Waals surface area contributed by atoms with Gasteiger partial charge < -0.3 is 19.1 Å². The quantitative estimate of drug-likeness (QED) is 0.750. The number of carbonyl (C=O) groups excluding carboxylic acids is 1. The summed E-state index contributed by atoms with van der Waals surface area (Å²) in [5.74, 6) is 1.15. The molecule has 0 radical (unpaired) electrons. The van der Waals surface area contributed by atoms with Crippen LogP contribution in [-0.4, -0.2) is 36.6 Å². The monoisotopic (exact) mass is 369 g/mol. The van der Waals surface area contributed by atoms with Gasteiger partial charge in [0.2, 0.25) is 6.79 Å². The molecule has 24 heavy (non-hydrogen) atoms. The molecule has 0 fully saturated rings. The van der Waals surface area contributed by atoms with E-state index in [0.717, 1.165) is 0 Å². The molecule has 3 rings (SSSR count). The summed E-state index contributed by atoms with van der Waals surface area (Å²) in [6.45, 7) is 0.231. The van der Waals surface area contributed by atoms with E-state index in [1.165, 1.54) is 0 Å². The minimum atomic E-state index is -0.414. The van der Waals surface area contributed by atoms with Gasteiger partial charge >= 0.3 is 5.97 Å². The number of nitrogens with zero attached hydrogens (tertiary/aromatic N) is 3. The molecular formula is C15H13Cl2N3O4. The lowest BCUT2D eigenvalue weighted by Gasteiger charge is -2.16. The van der Waals surface area contributed by atoms with Gasteiger partial charge in [-0.2, -0.15) is 0 Å². The highest BCUT2D eigenvalue weighted by molar-refractivity contribution is 6.32. The first-order valence-corrected chi connectivity index (χ1v) is 7.72. The van der Waals surface area contributed by atoms with Crippen LogP contribution in [0.3, 0.4) is 0 Å². The van der Waals surface area contributed by atoms with Crippen molar-refractivity contribution in [3.05, 3.63) is 40.0 Å². The van der Waals surface area contributed by atoms with Gasteiger partial charge in [0.05, 0.1) is 5.02 Å². The number of anilines is 1. The van der Waals surface area contributed by atoms with E-state index in [1.807, 2.05) is 0 Å². The van der Waals surface area contributed by atoms with Crippen LogP contribution in [0.15, 0.2) is 24.3 Å². The molecule has 0 unspecified atom stereocenters. The Labute approximate surface area is 148 Å². The Kier molecular flexibility index (Phi) is 4.92. The number of rotatable bonds is 5. The van der Waals surface area contributed by atoms with E-state index in [9.17, 15) is 4.79 Å². The van der Waals surface area contributed by atoms with Crippen molar-refractivity contribution in [3.63, 3.8) is 0 Å². The molecule has 9 heteroatoms. The Morgan fingerprint density at radius 2 is 2.12 bits per heavy atom. The van der Waals surface area contributed by atoms with E-state index in [0.29, 0.717) is 27.9 Å². The first-order chi connectivity index (χ1) is 11.5. The number of aromatic nitrogens is 2. The maximum atomic E-state index is 12.0. The van der Waals surface area contributed by atoms with Crippen molar-refractivity contribution >= 4 is 35.0 Å². The highest BCUT2D eigenvalue weighted by atomic mass is 35.5. The topological polar surface area (TPSA) is 73.8 Å². The zero-order valence-corrected chi connectivity index (χ0v) is 14.2. The van der Waals surface area contributed by atoms with Crippen molar-refractivity contribution in [2.75, 3.05) is 25.3 Å². The van der Waals surface area contributed by atoms with Gasteiger partial charge in [-0.1, -0.05) is 23.2 Å². The van der Waals surface area contributed by atoms with Crippen LogP contribution in [0.25, 0.3) is 0 Å². The standard InChI is InChI=1S/C15H13Cl2N3O4/c1-20(13-3-2-12(17)18-19-13)6-14(21)22-7-9-4-10(16)15-11(5-9)23-8-24-15/h2-5H,6-8H2,1H3. The molecule has 0 saturated heterocycles. The summed E-state index contributed by atoms with van der Waals surface area (Å²) in [5, 5.41) is 8.32. The van der Waals surface area contributed by atoms with Gasteiger partial charge in [0.1, 0.15) is 13.2 Å². The first kappa shape index (κ1) is 16.6. The molecule has 1 aromatic heterocycles. The summed E-state index contributed by atoms with van der Waals surface area (Å²) in [6.07, 6.45) is 0. The maximum Gasteiger partial charge on any atom is 0.325 e. The number of hydrogen-bond acceptors (Lipinski definition) is 7. The fourth-order valence-electron chi connectivity index (χ4n) is 2.10. The number of hydrogen-bond donors (Lipinski definition) is 0. The normalized spacial score (nSPS) is 12.1. The van der Waals surface area contributed by atoms with E-state index in [-0.39, 0.29) is 25.1 Å². The van der Waals surface area contributed by atoms with Gasteiger partial charge in [-0.15, -0.1) is 10.2 Å². The maximum absolute atomic E-state index is 12.0. The average Bonchev–Trinajstić information content (AvgIpc) is 3.02. The molecule has 0 saturated carbocycles. The van der Waals surface area contributed by atoms with Crippen LogP contribution in [0.4, 0.5) is 5.82 Å². The van der Waals surface area contributed by atoms with Crippen molar-refractivity contribution < 1.29 is 19.0 Å². The molecule has 2 heterocycles. The molecule has 0 N–H and O–H groups in total. The zero-order valence-electron chi connectivity index (χ0n) is 12.7. The number of fused-ring (bicyclic) bond motifs is 1. The summed E-state index contributed by atoms with van der Waals surface area (Å²) in [7, 11) is 1.70. The molecule has 0 aliphatic carbocycles. The SMILES string of the molecule is CN(CC(=O)OCc1cc(Cl)c2c(c1)OCO2)c1ccc(Cl)nn1. The van der Waals surface area contributed by atoms with E-state index < -0.39 is 5.97 Å². The minimum absolute atomic E-state index is 0.0224. The molecule has 0 atom stereocenters. The molecule has 1 aromatic carbocycles. The van der Waals surface area contributed by atoms with Crippen molar-refractivity contribution in [3.8, 4) is 11.5 Å². The Morgan fingerprint density at radius 3 is 2.88 bits per heavy atom. The molecule has 7 nitrogen and oxygen atoms in total. The molecule has 0 bridgehead atoms. The molecule has 2 aromatic rings. The van der Waals surface area contributed by atoms with Gasteiger partial charge in [0.15, 0.2) is 22.5 Å². The summed E-state index contributed by atoms with van der Waals surface area (Å²) >= 11 is 11.8. The van der Waals surface area contributed by atoms with E-state index in [1.54, 1.807) is 36.2 Å². The van der Waals surface area contributed by atoms with Gasteiger partial charge in [0, 0.05) is 7.05 Å². The third kappa shape index (κ3) is 3.80. The van der Waals surface area contributed by atoms with Gasteiger partial charge in [-0.3, -0.25) is 4.79 Å². The number of ether oxygens (including phenoxy) is 3. The lowest BCUT2D eigenvalue weighted by molar-refractivity contribution is -0.143. The van der Waals surface area contributed by atoms with Gasteiger partial charge in [-0.25, -0.2) is 0 Å². The number of benzene rings is 1. The van der Waals surface area contributed by atoms with Crippen LogP contribution < -0.4 is 14.4 Å². The van der Waals surface area contributed by atoms with Crippen LogP contribution >= 0.6 is 23.2 Å². The second kappa shape index (κ2) is 7.11. The van der Waals surface area contributed by atoms with Crippen molar-refractivity contribution in [1.29, 1.82) is 0 Å². The molecule has 1 aliphatic heterocycles. The van der Waals surface area contributed by atoms with Crippen molar-refractivity contribution in [1.82, 2.24) is 10.2 Å². The molecular weight excluding hydrogens is 357 g/mol. The van der Waals surface area contributed by atoms with Crippen LogP contribution in [0, 0.1) is 0 Å². The summed E-state index contributed by atoms with van der Waals surface area (Å²) in [6, 6.07) is 6.67. The van der Waals surface area contributed by atoms with E-state index in [2.05, 4.69) is 10.2 Å². The Morgan fingerprint density at radius 1 is 1.29 bits per heavy atom. The molecule has 0 spiro atoms. The third-order valence-electron chi connectivity index (χ3n) is 3.26. The van der Waals surface area contributed by atoms with Crippen LogP contribution in [0.1, 0.15) is 5.56 Å². The van der Waals surface area contributed by atoms with E-state index >= 15 is 0 Å². The minimum Gasteiger partial charge on any atom is -0.459 e. The highest BCUT2D eigenvalue weighted by Crippen LogP contribution is 2.39. The second-order valence-corrected chi connectivity index (χ2v) is 5.84. The lowest BCUT2D eigenvalue weighted by atomic mass is 10.2. The Bertz CT molecular complexity index is 755. The molecule has 0 amide bonds. The number of halogens is 2. The second-order valence-electron chi connectivity index (χ2n) is 5.04. The first-order valence-electron chi connectivity index (χ1n) is 6.97. The largest absolute Gasteiger partial charge is 0.459 e. The fourth-order valence-corrected chi connectivity index (χ4v) is 2.49. The zero-order chi connectivity index (χ0) is 17.1. The van der Waals surface area contributed by atoms with Gasteiger partial charge in [0.25, 0.3) is 0 Å². The summed E-state index contributed by atoms with van der Waals surface area (Å²) in [4.78, 5) is 13.6. The van der Waals surface area contributed by atoms with Crippen LogP contribution in [0.2, 0.25) is 10.2 Å².